The number of rotatable bonds is 5. The summed E-state index contributed by atoms with van der Waals surface area (Å²) in [5.74, 6) is -0.271. The molecule has 4 rings (SSSR count). The zero-order valence-corrected chi connectivity index (χ0v) is 17.8. The maximum absolute atomic E-state index is 13.2. The molecule has 164 valence electrons. The Morgan fingerprint density at radius 2 is 1.84 bits per heavy atom. The fourth-order valence-corrected chi connectivity index (χ4v) is 5.01. The molecule has 0 unspecified atom stereocenters. The maximum atomic E-state index is 13.2. The van der Waals surface area contributed by atoms with Crippen LogP contribution in [0.4, 0.5) is 4.39 Å². The highest BCUT2D eigenvalue weighted by Crippen LogP contribution is 2.37. The maximum Gasteiger partial charge on any atom is 0.146 e. The van der Waals surface area contributed by atoms with Crippen molar-refractivity contribution in [1.29, 1.82) is 0 Å². The van der Waals surface area contributed by atoms with Crippen LogP contribution in [0, 0.1) is 12.7 Å². The third-order valence-corrected chi connectivity index (χ3v) is 7.06. The normalized spacial score (nSPS) is 26.2. The Hall–Kier alpha value is -2.13. The molecule has 1 aliphatic rings. The molecule has 2 aromatic carbocycles. The zero-order chi connectivity index (χ0) is 22.2. The van der Waals surface area contributed by atoms with E-state index in [9.17, 15) is 24.8 Å². The first-order chi connectivity index (χ1) is 14.8. The molecule has 1 aliphatic heterocycles. The fraction of sp³-hybridized carbons (Fsp3) is 0.333. The molecular formula is C24H25FO5S. The van der Waals surface area contributed by atoms with E-state index in [1.54, 1.807) is 35.6 Å². The monoisotopic (exact) mass is 444 g/mol. The highest BCUT2D eigenvalue weighted by atomic mass is 32.1. The van der Waals surface area contributed by atoms with Crippen LogP contribution in [0.2, 0.25) is 0 Å². The third kappa shape index (κ3) is 4.17. The number of aliphatic hydroxyl groups excluding tert-OH is 3. The second-order valence-electron chi connectivity index (χ2n) is 7.93. The summed E-state index contributed by atoms with van der Waals surface area (Å²) in [6.45, 7) is 1.31. The Bertz CT molecular complexity index is 1050. The van der Waals surface area contributed by atoms with E-state index < -0.39 is 30.5 Å². The molecule has 0 radical (unpaired) electrons. The minimum Gasteiger partial charge on any atom is -0.394 e. The topological polar surface area (TPSA) is 90.2 Å². The molecule has 1 fully saturated rings. The molecule has 5 nitrogen and oxygen atoms in total. The van der Waals surface area contributed by atoms with Gasteiger partial charge in [0.25, 0.3) is 0 Å². The molecule has 31 heavy (non-hydrogen) atoms. The molecule has 1 saturated heterocycles. The van der Waals surface area contributed by atoms with Gasteiger partial charge in [0.1, 0.15) is 29.7 Å². The molecule has 2 heterocycles. The number of aryl methyl sites for hydroxylation is 1. The average molecular weight is 445 g/mol. The number of hydrogen-bond acceptors (Lipinski definition) is 6. The summed E-state index contributed by atoms with van der Waals surface area (Å²) in [5, 5.41) is 41.7. The van der Waals surface area contributed by atoms with Crippen molar-refractivity contribution in [3.63, 3.8) is 0 Å². The van der Waals surface area contributed by atoms with E-state index in [0.717, 1.165) is 26.4 Å². The molecule has 0 spiro atoms. The minimum atomic E-state index is -1.94. The van der Waals surface area contributed by atoms with Gasteiger partial charge in [-0.15, -0.1) is 11.3 Å². The van der Waals surface area contributed by atoms with Crippen molar-refractivity contribution >= 4 is 11.3 Å². The summed E-state index contributed by atoms with van der Waals surface area (Å²) >= 11 is 1.60. The van der Waals surface area contributed by atoms with E-state index >= 15 is 0 Å². The van der Waals surface area contributed by atoms with Gasteiger partial charge in [0.05, 0.1) is 13.2 Å². The standard InChI is InChI=1S/C24H25FO5S/c1-14-2-5-17(24(29)22(27)13-30-20(12-26)23(24)28)10-16(14)11-19-8-9-21(31-19)15-3-6-18(25)7-4-15/h2-10,20,22-23,26-29H,11-13H2,1H3/t20-,22+,23-,24+/m1/s1. The van der Waals surface area contributed by atoms with Crippen molar-refractivity contribution in [3.8, 4) is 10.4 Å². The molecule has 1 aromatic heterocycles. The van der Waals surface area contributed by atoms with E-state index in [1.807, 2.05) is 25.1 Å². The van der Waals surface area contributed by atoms with Crippen LogP contribution in [0.1, 0.15) is 21.6 Å². The molecule has 0 bridgehead atoms. The van der Waals surface area contributed by atoms with Crippen LogP contribution in [-0.2, 0) is 16.8 Å². The average Bonchev–Trinajstić information content (AvgIpc) is 3.23. The van der Waals surface area contributed by atoms with Gasteiger partial charge in [-0.2, -0.15) is 0 Å². The van der Waals surface area contributed by atoms with Crippen LogP contribution in [-0.4, -0.2) is 52.0 Å². The first kappa shape index (κ1) is 22.1. The van der Waals surface area contributed by atoms with Crippen LogP contribution in [0.5, 0.6) is 0 Å². The summed E-state index contributed by atoms with van der Waals surface area (Å²) in [5.41, 5.74) is 1.35. The van der Waals surface area contributed by atoms with E-state index in [0.29, 0.717) is 12.0 Å². The summed E-state index contributed by atoms with van der Waals surface area (Å²) in [4.78, 5) is 2.12. The fourth-order valence-electron chi connectivity index (χ4n) is 3.97. The Kier molecular flexibility index (Phi) is 6.25. The van der Waals surface area contributed by atoms with Gasteiger partial charge in [-0.25, -0.2) is 4.39 Å². The molecule has 3 aromatic rings. The number of hydrogen-bond donors (Lipinski definition) is 4. The zero-order valence-electron chi connectivity index (χ0n) is 17.0. The lowest BCUT2D eigenvalue weighted by molar-refractivity contribution is -0.253. The second-order valence-corrected chi connectivity index (χ2v) is 9.10. The van der Waals surface area contributed by atoms with Gasteiger partial charge in [0.15, 0.2) is 0 Å². The van der Waals surface area contributed by atoms with Gasteiger partial charge in [0.2, 0.25) is 0 Å². The lowest BCUT2D eigenvalue weighted by Gasteiger charge is -2.44. The molecule has 0 amide bonds. The summed E-state index contributed by atoms with van der Waals surface area (Å²) in [7, 11) is 0. The van der Waals surface area contributed by atoms with Crippen LogP contribution in [0.15, 0.2) is 54.6 Å². The van der Waals surface area contributed by atoms with Gasteiger partial charge in [-0.05, 0) is 53.4 Å². The van der Waals surface area contributed by atoms with E-state index in [-0.39, 0.29) is 12.4 Å². The number of benzene rings is 2. The van der Waals surface area contributed by atoms with Crippen molar-refractivity contribution in [3.05, 3.63) is 82.0 Å². The number of thiophene rings is 1. The highest BCUT2D eigenvalue weighted by Gasteiger charge is 2.51. The summed E-state index contributed by atoms with van der Waals surface area (Å²) in [6.07, 6.45) is -3.17. The van der Waals surface area contributed by atoms with Gasteiger partial charge in [-0.1, -0.05) is 30.3 Å². The number of halogens is 1. The smallest absolute Gasteiger partial charge is 0.146 e. The van der Waals surface area contributed by atoms with Gasteiger partial charge in [0, 0.05) is 16.2 Å². The molecule has 0 saturated carbocycles. The Labute approximate surface area is 184 Å². The van der Waals surface area contributed by atoms with Crippen LogP contribution in [0.3, 0.4) is 0 Å². The second kappa shape index (κ2) is 8.78. The predicted octanol–water partition coefficient (Wildman–Crippen LogP) is 2.75. The Balaban J connectivity index is 1.62. The Morgan fingerprint density at radius 3 is 2.55 bits per heavy atom. The van der Waals surface area contributed by atoms with Crippen molar-refractivity contribution in [2.75, 3.05) is 13.2 Å². The lowest BCUT2D eigenvalue weighted by Crippen LogP contribution is -2.61. The first-order valence-electron chi connectivity index (χ1n) is 10.1. The van der Waals surface area contributed by atoms with Crippen LogP contribution >= 0.6 is 11.3 Å². The summed E-state index contributed by atoms with van der Waals surface area (Å²) < 4.78 is 18.4. The highest BCUT2D eigenvalue weighted by molar-refractivity contribution is 7.15. The van der Waals surface area contributed by atoms with Crippen molar-refractivity contribution in [1.82, 2.24) is 0 Å². The van der Waals surface area contributed by atoms with Gasteiger partial charge < -0.3 is 25.2 Å². The molecule has 4 atom stereocenters. The van der Waals surface area contributed by atoms with E-state index in [1.165, 1.54) is 12.1 Å². The number of ether oxygens (including phenoxy) is 1. The van der Waals surface area contributed by atoms with E-state index in [2.05, 4.69) is 0 Å². The third-order valence-electron chi connectivity index (χ3n) is 5.93. The van der Waals surface area contributed by atoms with E-state index in [4.69, 9.17) is 4.74 Å². The molecule has 0 aliphatic carbocycles. The quantitative estimate of drug-likeness (QED) is 0.486. The van der Waals surface area contributed by atoms with Crippen LogP contribution < -0.4 is 0 Å². The first-order valence-corrected chi connectivity index (χ1v) is 10.9. The largest absolute Gasteiger partial charge is 0.394 e. The van der Waals surface area contributed by atoms with Crippen molar-refractivity contribution in [2.45, 2.75) is 37.3 Å². The predicted molar refractivity (Wildman–Crippen MR) is 116 cm³/mol. The number of aliphatic hydroxyl groups is 4. The van der Waals surface area contributed by atoms with Crippen LogP contribution in [0.25, 0.3) is 10.4 Å². The summed E-state index contributed by atoms with van der Waals surface area (Å²) in [6, 6.07) is 15.7. The van der Waals surface area contributed by atoms with Gasteiger partial charge >= 0.3 is 0 Å². The van der Waals surface area contributed by atoms with Crippen molar-refractivity contribution < 1.29 is 29.6 Å². The van der Waals surface area contributed by atoms with Crippen molar-refractivity contribution in [2.24, 2.45) is 0 Å². The lowest BCUT2D eigenvalue weighted by atomic mass is 9.78. The molecule has 7 heteroatoms. The minimum absolute atomic E-state index is 0.187. The van der Waals surface area contributed by atoms with Gasteiger partial charge in [-0.3, -0.25) is 0 Å². The SMILES string of the molecule is Cc1ccc([C@@]2(O)[C@H](O)[C@@H](CO)OC[C@@H]2O)cc1Cc1ccc(-c2ccc(F)cc2)s1. The molecule has 4 N–H and O–H groups in total. The Morgan fingerprint density at radius 1 is 1.10 bits per heavy atom. The molecular weight excluding hydrogens is 419 g/mol.